The van der Waals surface area contributed by atoms with Crippen LogP contribution in [0.5, 0.6) is 0 Å². The van der Waals surface area contributed by atoms with Gasteiger partial charge in [0, 0.05) is 31.1 Å². The van der Waals surface area contributed by atoms with Crippen LogP contribution in [0.1, 0.15) is 149 Å². The minimum absolute atomic E-state index is 0.0238. The standard InChI is InChI=1S/C50H84NO11P/c1-6-8-10-11-12-13-14-15-16-17-18-19-20-21-22-23-24-25-31-35-50(56)62-44(42-61-63(57,58)60-39-38-51(3,4)5)41-59-49(55)34-30-27-26-29-33-45-46(48(54)40-47(45)53)37-36-43(52)32-28-9-7-2/h12-13,15-16,18-19,21-22,24-25,36-37,43-46,48,52,54H,6-11,14,17,20,23,26-35,38-42H2,1-5H3/p+1/b13-12-,16-15-,19-18-,22-21-,25-24-,37-36+/t43-,44+,45+,46+,48+/m0/s1. The second-order valence-corrected chi connectivity index (χ2v) is 19.0. The highest BCUT2D eigenvalue weighted by Gasteiger charge is 2.39. The van der Waals surface area contributed by atoms with Crippen LogP contribution >= 0.6 is 7.82 Å². The molecular formula is C50H85NO11P+. The average molecular weight is 907 g/mol. The summed E-state index contributed by atoms with van der Waals surface area (Å²) in [5.41, 5.74) is 0. The van der Waals surface area contributed by atoms with Gasteiger partial charge < -0.3 is 29.1 Å². The third-order valence-corrected chi connectivity index (χ3v) is 11.6. The fourth-order valence-electron chi connectivity index (χ4n) is 6.83. The van der Waals surface area contributed by atoms with Gasteiger partial charge in [-0.05, 0) is 64.2 Å². The molecule has 1 unspecified atom stereocenters. The van der Waals surface area contributed by atoms with Crippen LogP contribution < -0.4 is 0 Å². The number of aliphatic hydroxyl groups is 2. The molecule has 0 amide bonds. The van der Waals surface area contributed by atoms with Gasteiger partial charge in [-0.3, -0.25) is 23.4 Å². The van der Waals surface area contributed by atoms with Crippen molar-refractivity contribution in [3.63, 3.8) is 0 Å². The minimum Gasteiger partial charge on any atom is -0.462 e. The molecule has 0 aromatic carbocycles. The van der Waals surface area contributed by atoms with Crippen LogP contribution in [0, 0.1) is 11.8 Å². The summed E-state index contributed by atoms with van der Waals surface area (Å²) in [5, 5.41) is 20.8. The van der Waals surface area contributed by atoms with Crippen molar-refractivity contribution in [2.45, 2.75) is 167 Å². The van der Waals surface area contributed by atoms with Gasteiger partial charge in [0.25, 0.3) is 0 Å². The lowest BCUT2D eigenvalue weighted by Gasteiger charge is -2.24. The number of ketones is 1. The molecule has 0 spiro atoms. The van der Waals surface area contributed by atoms with Gasteiger partial charge in [-0.1, -0.05) is 138 Å². The number of rotatable bonds is 38. The summed E-state index contributed by atoms with van der Waals surface area (Å²) in [4.78, 5) is 48.2. The highest BCUT2D eigenvalue weighted by molar-refractivity contribution is 7.47. The van der Waals surface area contributed by atoms with Crippen LogP contribution in [0.4, 0.5) is 0 Å². The third-order valence-electron chi connectivity index (χ3n) is 10.6. The summed E-state index contributed by atoms with van der Waals surface area (Å²) in [6.07, 6.45) is 38.7. The van der Waals surface area contributed by atoms with Gasteiger partial charge in [0.15, 0.2) is 6.10 Å². The molecule has 63 heavy (non-hydrogen) atoms. The van der Waals surface area contributed by atoms with Crippen molar-refractivity contribution >= 4 is 25.5 Å². The molecule has 3 N–H and O–H groups in total. The Bertz CT molecular complexity index is 1460. The molecular weight excluding hydrogens is 822 g/mol. The van der Waals surface area contributed by atoms with Crippen LogP contribution in [0.15, 0.2) is 72.9 Å². The van der Waals surface area contributed by atoms with Gasteiger partial charge in [-0.15, -0.1) is 0 Å². The van der Waals surface area contributed by atoms with E-state index >= 15 is 0 Å². The molecule has 0 aromatic rings. The SMILES string of the molecule is CCCCC/C=C\C/C=C\C/C=C\C/C=C\C/C=C\CCC(=O)O[C@H](COC(=O)CCCCCC[C@H]1C(=O)C[C@@H](O)[C@@H]1/C=C/[C@@H](O)CCCCC)COP(=O)(O)OCC[N+](C)(C)C. The molecule has 0 bridgehead atoms. The third kappa shape index (κ3) is 33.2. The van der Waals surface area contributed by atoms with E-state index in [1.54, 1.807) is 6.08 Å². The first-order chi connectivity index (χ1) is 30.2. The van der Waals surface area contributed by atoms with E-state index in [0.717, 1.165) is 70.6 Å². The minimum atomic E-state index is -4.46. The van der Waals surface area contributed by atoms with Crippen molar-refractivity contribution < 1.29 is 57.1 Å². The highest BCUT2D eigenvalue weighted by atomic mass is 31.2. The molecule has 13 heteroatoms. The van der Waals surface area contributed by atoms with Crippen molar-refractivity contribution in [1.82, 2.24) is 0 Å². The lowest BCUT2D eigenvalue weighted by atomic mass is 9.88. The molecule has 1 saturated carbocycles. The number of Topliss-reactive ketones (excluding diaryl/α,β-unsaturated/α-hetero) is 1. The Morgan fingerprint density at radius 1 is 0.746 bits per heavy atom. The Morgan fingerprint density at radius 3 is 1.95 bits per heavy atom. The zero-order valence-corrected chi connectivity index (χ0v) is 40.4. The Balaban J connectivity index is 2.50. The molecule has 1 aliphatic rings. The monoisotopic (exact) mass is 907 g/mol. The topological polar surface area (TPSA) is 166 Å². The number of phosphoric acid groups is 1. The van der Waals surface area contributed by atoms with Gasteiger partial charge in [0.2, 0.25) is 0 Å². The van der Waals surface area contributed by atoms with Crippen LogP contribution in [0.3, 0.4) is 0 Å². The number of unbranched alkanes of at least 4 members (excludes halogenated alkanes) is 8. The Kier molecular flexibility index (Phi) is 33.4. The number of carbonyl (C=O) groups excluding carboxylic acids is 3. The number of aliphatic hydroxyl groups excluding tert-OH is 2. The molecule has 1 fully saturated rings. The fraction of sp³-hybridized carbons (Fsp3) is 0.700. The van der Waals surface area contributed by atoms with Gasteiger partial charge >= 0.3 is 19.8 Å². The first-order valence-electron chi connectivity index (χ1n) is 23.8. The second-order valence-electron chi connectivity index (χ2n) is 17.6. The number of carbonyl (C=O) groups is 3. The van der Waals surface area contributed by atoms with Crippen molar-refractivity contribution in [2.75, 3.05) is 47.5 Å². The first-order valence-corrected chi connectivity index (χ1v) is 25.3. The van der Waals surface area contributed by atoms with Crippen LogP contribution in [0.25, 0.3) is 0 Å². The van der Waals surface area contributed by atoms with E-state index in [1.807, 2.05) is 39.4 Å². The quantitative estimate of drug-likeness (QED) is 0.0177. The number of quaternary nitrogens is 1. The molecule has 0 aliphatic heterocycles. The van der Waals surface area contributed by atoms with E-state index in [0.29, 0.717) is 36.7 Å². The van der Waals surface area contributed by atoms with Crippen LogP contribution in [-0.4, -0.2) is 103 Å². The second kappa shape index (κ2) is 36.3. The van der Waals surface area contributed by atoms with E-state index in [4.69, 9.17) is 18.5 Å². The number of hydrogen-bond donors (Lipinski definition) is 3. The summed E-state index contributed by atoms with van der Waals surface area (Å²) in [7, 11) is 1.29. The molecule has 12 nitrogen and oxygen atoms in total. The maximum Gasteiger partial charge on any atom is 0.472 e. The molecule has 0 radical (unpaired) electrons. The fourth-order valence-corrected chi connectivity index (χ4v) is 7.57. The summed E-state index contributed by atoms with van der Waals surface area (Å²) < 4.78 is 34.2. The van der Waals surface area contributed by atoms with Crippen molar-refractivity contribution in [3.8, 4) is 0 Å². The maximum atomic E-state index is 12.7. The predicted octanol–water partition coefficient (Wildman–Crippen LogP) is 10.4. The van der Waals surface area contributed by atoms with Crippen LogP contribution in [0.2, 0.25) is 0 Å². The predicted molar refractivity (Wildman–Crippen MR) is 253 cm³/mol. The van der Waals surface area contributed by atoms with E-state index < -0.39 is 44.7 Å². The number of esters is 2. The highest BCUT2D eigenvalue weighted by Crippen LogP contribution is 2.43. The van der Waals surface area contributed by atoms with Gasteiger partial charge in [0.1, 0.15) is 25.5 Å². The van der Waals surface area contributed by atoms with E-state index in [1.165, 1.54) is 19.3 Å². The summed E-state index contributed by atoms with van der Waals surface area (Å²) in [5.74, 6) is -1.60. The van der Waals surface area contributed by atoms with E-state index in [2.05, 4.69) is 62.5 Å². The molecule has 6 atom stereocenters. The van der Waals surface area contributed by atoms with Crippen molar-refractivity contribution in [2.24, 2.45) is 11.8 Å². The maximum absolute atomic E-state index is 12.7. The zero-order valence-electron chi connectivity index (χ0n) is 39.5. The smallest absolute Gasteiger partial charge is 0.462 e. The lowest BCUT2D eigenvalue weighted by molar-refractivity contribution is -0.870. The van der Waals surface area contributed by atoms with E-state index in [-0.39, 0.29) is 50.1 Å². The molecule has 0 heterocycles. The number of ether oxygens (including phenoxy) is 2. The number of likely N-dealkylation sites (N-methyl/N-ethyl adjacent to an activating group) is 1. The molecule has 1 rings (SSSR count). The number of phosphoric ester groups is 1. The van der Waals surface area contributed by atoms with E-state index in [9.17, 15) is 34.1 Å². The molecule has 1 aliphatic carbocycles. The number of allylic oxidation sites excluding steroid dienone is 10. The zero-order chi connectivity index (χ0) is 46.6. The molecule has 360 valence electrons. The van der Waals surface area contributed by atoms with Gasteiger partial charge in [-0.2, -0.15) is 0 Å². The lowest BCUT2D eigenvalue weighted by Crippen LogP contribution is -2.37. The summed E-state index contributed by atoms with van der Waals surface area (Å²) in [6.45, 7) is 3.92. The number of nitrogens with zero attached hydrogens (tertiary/aromatic N) is 1. The summed E-state index contributed by atoms with van der Waals surface area (Å²) in [6, 6.07) is 0. The Morgan fingerprint density at radius 2 is 1.33 bits per heavy atom. The summed E-state index contributed by atoms with van der Waals surface area (Å²) >= 11 is 0. The Hall–Kier alpha value is -2.96. The first kappa shape index (κ1) is 58.1. The largest absolute Gasteiger partial charge is 0.472 e. The van der Waals surface area contributed by atoms with Crippen LogP contribution in [-0.2, 0) is 37.5 Å². The van der Waals surface area contributed by atoms with Gasteiger partial charge in [0.05, 0.1) is 40.0 Å². The molecule has 0 saturated heterocycles. The van der Waals surface area contributed by atoms with Gasteiger partial charge in [-0.25, -0.2) is 4.57 Å². The normalized spacial score (nSPS) is 19.4. The van der Waals surface area contributed by atoms with Crippen molar-refractivity contribution in [1.29, 1.82) is 0 Å². The molecule has 0 aromatic heterocycles. The number of hydrogen-bond acceptors (Lipinski definition) is 10. The Labute approximate surface area is 380 Å². The average Bonchev–Trinajstić information content (AvgIpc) is 3.50. The van der Waals surface area contributed by atoms with Crippen molar-refractivity contribution in [3.05, 3.63) is 72.9 Å².